The number of fused-ring (bicyclic) bond motifs is 7. The van der Waals surface area contributed by atoms with E-state index in [1.165, 1.54) is 0 Å². The van der Waals surface area contributed by atoms with Crippen LogP contribution in [0.1, 0.15) is 27.7 Å². The molecule has 0 saturated heterocycles. The van der Waals surface area contributed by atoms with Crippen LogP contribution in [-0.2, 0) is 0 Å². The molecular weight excluding hydrogens is 733 g/mol. The van der Waals surface area contributed by atoms with Crippen LogP contribution in [0.5, 0.6) is 0 Å². The van der Waals surface area contributed by atoms with Crippen molar-refractivity contribution in [2.75, 3.05) is 0 Å². The van der Waals surface area contributed by atoms with Gasteiger partial charge in [0.2, 0.25) is 5.95 Å². The summed E-state index contributed by atoms with van der Waals surface area (Å²) in [7, 11) is 0. The number of nitrogens with zero attached hydrogens (tertiary/aromatic N) is 6. The molecule has 11 aromatic rings. The van der Waals surface area contributed by atoms with Gasteiger partial charge in [-0.3, -0.25) is 4.57 Å². The quantitative estimate of drug-likeness (QED) is 0.169. The SMILES string of the molecule is CC.CC.c1ccc(-c2cc(-n3c4ccccc4c4ccc5c6ccccc6n(-c6nc(-c7ccccc7)nc(-c7ccccc7)n6)c5c43)cc(-c3ccccc3)n2)cc1. The lowest BCUT2D eigenvalue weighted by atomic mass is 10.1. The topological polar surface area (TPSA) is 61.4 Å². The highest BCUT2D eigenvalue weighted by molar-refractivity contribution is 6.23. The highest BCUT2D eigenvalue weighted by Crippen LogP contribution is 2.42. The molecule has 290 valence electrons. The number of para-hydroxylation sites is 2. The minimum absolute atomic E-state index is 0.554. The second-order valence-corrected chi connectivity index (χ2v) is 13.9. The van der Waals surface area contributed by atoms with Crippen LogP contribution in [0, 0.1) is 0 Å². The highest BCUT2D eigenvalue weighted by atomic mass is 15.2. The molecule has 4 heterocycles. The van der Waals surface area contributed by atoms with E-state index in [1.807, 2.05) is 100 Å². The van der Waals surface area contributed by atoms with Crippen LogP contribution in [0.4, 0.5) is 0 Å². The second kappa shape index (κ2) is 16.6. The molecule has 0 spiro atoms. The Labute approximate surface area is 350 Å². The molecule has 0 aliphatic carbocycles. The van der Waals surface area contributed by atoms with Gasteiger partial charge in [0, 0.05) is 43.8 Å². The van der Waals surface area contributed by atoms with Gasteiger partial charge in [-0.2, -0.15) is 9.97 Å². The summed E-state index contributed by atoms with van der Waals surface area (Å²) in [5.74, 6) is 1.78. The van der Waals surface area contributed by atoms with E-state index in [2.05, 4.69) is 130 Å². The van der Waals surface area contributed by atoms with Crippen LogP contribution in [0.15, 0.2) is 194 Å². The number of rotatable bonds is 6. The lowest BCUT2D eigenvalue weighted by Gasteiger charge is -2.15. The average Bonchev–Trinajstić information content (AvgIpc) is 3.87. The first-order valence-corrected chi connectivity index (χ1v) is 20.7. The number of pyridine rings is 1. The number of hydrogen-bond acceptors (Lipinski definition) is 4. The summed E-state index contributed by atoms with van der Waals surface area (Å²) in [6.45, 7) is 8.00. The molecule has 0 N–H and O–H groups in total. The monoisotopic (exact) mass is 776 g/mol. The summed E-state index contributed by atoms with van der Waals surface area (Å²) in [5.41, 5.74) is 11.0. The minimum Gasteiger partial charge on any atom is -0.307 e. The molecule has 0 aliphatic heterocycles. The number of hydrogen-bond donors (Lipinski definition) is 0. The molecule has 7 aromatic carbocycles. The van der Waals surface area contributed by atoms with Gasteiger partial charge in [-0.25, -0.2) is 9.97 Å². The van der Waals surface area contributed by atoms with Gasteiger partial charge in [0.15, 0.2) is 11.6 Å². The first-order chi connectivity index (χ1) is 29.8. The standard InChI is InChI=1S/C50H32N6.2C2H6/c1-5-17-33(18-6-1)42-31-37(32-43(51-42)34-19-7-2-8-20-34)55-44-27-15-13-25-38(44)40-29-30-41-39-26-14-16-28-45(39)56(47(41)46(40)55)50-53-48(35-21-9-3-10-22-35)52-49(54-50)36-23-11-4-12-24-36;2*1-2/h1-32H;2*1-2H3. The Balaban J connectivity index is 0.00000112. The third-order valence-electron chi connectivity index (χ3n) is 10.6. The second-order valence-electron chi connectivity index (χ2n) is 13.9. The van der Waals surface area contributed by atoms with Gasteiger partial charge in [0.25, 0.3) is 0 Å². The molecule has 60 heavy (non-hydrogen) atoms. The summed E-state index contributed by atoms with van der Waals surface area (Å²) >= 11 is 0. The van der Waals surface area contributed by atoms with Crippen molar-refractivity contribution in [1.29, 1.82) is 0 Å². The largest absolute Gasteiger partial charge is 0.307 e. The maximum atomic E-state index is 5.26. The van der Waals surface area contributed by atoms with E-state index in [9.17, 15) is 0 Å². The summed E-state index contributed by atoms with van der Waals surface area (Å²) in [4.78, 5) is 20.8. The molecule has 4 aromatic heterocycles. The van der Waals surface area contributed by atoms with Gasteiger partial charge in [-0.05, 0) is 24.3 Å². The van der Waals surface area contributed by atoms with E-state index < -0.39 is 0 Å². The van der Waals surface area contributed by atoms with E-state index in [-0.39, 0.29) is 0 Å². The van der Waals surface area contributed by atoms with Crippen molar-refractivity contribution < 1.29 is 0 Å². The Morgan fingerprint density at radius 1 is 0.317 bits per heavy atom. The van der Waals surface area contributed by atoms with Crippen LogP contribution >= 0.6 is 0 Å². The van der Waals surface area contributed by atoms with Crippen molar-refractivity contribution in [2.45, 2.75) is 27.7 Å². The molecule has 6 nitrogen and oxygen atoms in total. The number of benzene rings is 7. The Kier molecular flexibility index (Phi) is 10.5. The van der Waals surface area contributed by atoms with Gasteiger partial charge in [-0.15, -0.1) is 0 Å². The molecule has 0 radical (unpaired) electrons. The van der Waals surface area contributed by atoms with E-state index in [0.29, 0.717) is 17.6 Å². The predicted molar refractivity (Wildman–Crippen MR) is 251 cm³/mol. The zero-order valence-electron chi connectivity index (χ0n) is 34.2. The Bertz CT molecular complexity index is 2890. The summed E-state index contributed by atoms with van der Waals surface area (Å²) in [6, 6.07) is 67.3. The molecule has 0 fully saturated rings. The molecule has 6 heteroatoms. The van der Waals surface area contributed by atoms with Crippen molar-refractivity contribution in [3.05, 3.63) is 194 Å². The van der Waals surface area contributed by atoms with Crippen LogP contribution in [-0.4, -0.2) is 29.1 Å². The first-order valence-electron chi connectivity index (χ1n) is 20.7. The van der Waals surface area contributed by atoms with Crippen molar-refractivity contribution in [1.82, 2.24) is 29.1 Å². The third-order valence-corrected chi connectivity index (χ3v) is 10.6. The van der Waals surface area contributed by atoms with Crippen LogP contribution in [0.2, 0.25) is 0 Å². The zero-order chi connectivity index (χ0) is 41.0. The average molecular weight is 777 g/mol. The van der Waals surface area contributed by atoms with Gasteiger partial charge in [0.05, 0.1) is 39.1 Å². The third kappa shape index (κ3) is 6.68. The van der Waals surface area contributed by atoms with Gasteiger partial charge in [-0.1, -0.05) is 198 Å². The predicted octanol–water partition coefficient (Wildman–Crippen LogP) is 14.2. The maximum Gasteiger partial charge on any atom is 0.238 e. The van der Waals surface area contributed by atoms with Crippen LogP contribution < -0.4 is 0 Å². The van der Waals surface area contributed by atoms with Crippen molar-refractivity contribution >= 4 is 43.6 Å². The summed E-state index contributed by atoms with van der Waals surface area (Å²) < 4.78 is 4.64. The Morgan fingerprint density at radius 2 is 0.683 bits per heavy atom. The maximum absolute atomic E-state index is 5.26. The van der Waals surface area contributed by atoms with Crippen molar-refractivity contribution in [2.24, 2.45) is 0 Å². The Morgan fingerprint density at radius 3 is 1.13 bits per heavy atom. The fourth-order valence-corrected chi connectivity index (χ4v) is 8.03. The molecule has 0 amide bonds. The zero-order valence-corrected chi connectivity index (χ0v) is 34.2. The lowest BCUT2D eigenvalue weighted by molar-refractivity contribution is 0.953. The smallest absolute Gasteiger partial charge is 0.238 e. The summed E-state index contributed by atoms with van der Waals surface area (Å²) in [5, 5.41) is 4.53. The molecule has 0 unspecified atom stereocenters. The molecule has 0 bridgehead atoms. The van der Waals surface area contributed by atoms with Crippen LogP contribution in [0.3, 0.4) is 0 Å². The van der Waals surface area contributed by atoms with Gasteiger partial charge in [0.1, 0.15) is 0 Å². The fourth-order valence-electron chi connectivity index (χ4n) is 8.03. The molecule has 0 aliphatic rings. The lowest BCUT2D eigenvalue weighted by Crippen LogP contribution is -2.07. The molecule has 0 saturated carbocycles. The van der Waals surface area contributed by atoms with Gasteiger partial charge < -0.3 is 4.57 Å². The number of aromatic nitrogens is 6. The molecular formula is C54H44N6. The van der Waals surface area contributed by atoms with E-state index in [4.69, 9.17) is 19.9 Å². The van der Waals surface area contributed by atoms with E-state index in [0.717, 1.165) is 82.9 Å². The van der Waals surface area contributed by atoms with E-state index in [1.54, 1.807) is 0 Å². The minimum atomic E-state index is 0.554. The fraction of sp³-hybridized carbons (Fsp3) is 0.0741. The highest BCUT2D eigenvalue weighted by Gasteiger charge is 2.24. The summed E-state index contributed by atoms with van der Waals surface area (Å²) in [6.07, 6.45) is 0. The van der Waals surface area contributed by atoms with E-state index >= 15 is 0 Å². The first kappa shape index (κ1) is 37.9. The van der Waals surface area contributed by atoms with Crippen molar-refractivity contribution in [3.63, 3.8) is 0 Å². The molecule has 11 rings (SSSR count). The molecule has 0 atom stereocenters. The Hall–Kier alpha value is -7.70. The normalized spacial score (nSPS) is 11.0. The van der Waals surface area contributed by atoms with Crippen LogP contribution in [0.25, 0.3) is 101 Å². The van der Waals surface area contributed by atoms with Gasteiger partial charge >= 0.3 is 0 Å². The van der Waals surface area contributed by atoms with Crippen molar-refractivity contribution in [3.8, 4) is 56.9 Å².